The number of amides is 1. The predicted octanol–water partition coefficient (Wildman–Crippen LogP) is 2.43. The van der Waals surface area contributed by atoms with Gasteiger partial charge < -0.3 is 15.8 Å². The minimum atomic E-state index is -0.618. The number of nitrogens with two attached hydrogens (primary N) is 1. The molecule has 0 saturated heterocycles. The van der Waals surface area contributed by atoms with Crippen LogP contribution in [0.25, 0.3) is 0 Å². The lowest BCUT2D eigenvalue weighted by Gasteiger charge is -2.25. The van der Waals surface area contributed by atoms with Gasteiger partial charge in [0.2, 0.25) is 5.91 Å². The van der Waals surface area contributed by atoms with Crippen LogP contribution < -0.4 is 5.73 Å². The monoisotopic (exact) mass is 341 g/mol. The van der Waals surface area contributed by atoms with Gasteiger partial charge in [-0.3, -0.25) is 4.79 Å². The molecule has 0 radical (unpaired) electrons. The summed E-state index contributed by atoms with van der Waals surface area (Å²) < 4.78 is 0.949. The summed E-state index contributed by atoms with van der Waals surface area (Å²) in [7, 11) is 1.71. The molecule has 6 heteroatoms. The Kier molecular flexibility index (Phi) is 6.01. The summed E-state index contributed by atoms with van der Waals surface area (Å²) in [5, 5.41) is 11.8. The van der Waals surface area contributed by atoms with E-state index in [1.165, 1.54) is 0 Å². The van der Waals surface area contributed by atoms with Gasteiger partial charge >= 0.3 is 0 Å². The van der Waals surface area contributed by atoms with Crippen LogP contribution in [-0.4, -0.2) is 28.9 Å². The maximum Gasteiger partial charge on any atom is 0.233 e. The van der Waals surface area contributed by atoms with Crippen molar-refractivity contribution in [2.24, 2.45) is 22.7 Å². The molecule has 0 aliphatic rings. The molecule has 0 aromatic heterocycles. The number of amidine groups is 1. The van der Waals surface area contributed by atoms with Crippen molar-refractivity contribution in [1.29, 1.82) is 0 Å². The van der Waals surface area contributed by atoms with Crippen molar-refractivity contribution >= 4 is 27.7 Å². The Morgan fingerprint density at radius 1 is 1.45 bits per heavy atom. The third-order valence-electron chi connectivity index (χ3n) is 3.11. The Morgan fingerprint density at radius 2 is 2.05 bits per heavy atom. The fourth-order valence-electron chi connectivity index (χ4n) is 2.01. The first-order valence-corrected chi connectivity index (χ1v) is 7.13. The number of nitrogens with zero attached hydrogens (tertiary/aromatic N) is 2. The molecule has 0 bridgehead atoms. The Bertz CT molecular complexity index is 503. The molecule has 110 valence electrons. The van der Waals surface area contributed by atoms with Gasteiger partial charge in [0.05, 0.1) is 0 Å². The van der Waals surface area contributed by atoms with E-state index in [2.05, 4.69) is 21.1 Å². The Balaban J connectivity index is 2.88. The van der Waals surface area contributed by atoms with E-state index >= 15 is 0 Å². The lowest BCUT2D eigenvalue weighted by Crippen LogP contribution is -2.42. The molecule has 1 rings (SSSR count). The highest BCUT2D eigenvalue weighted by Crippen LogP contribution is 2.20. The van der Waals surface area contributed by atoms with E-state index in [0.29, 0.717) is 6.54 Å². The normalized spacial score (nSPS) is 13.3. The number of halogens is 1. The third kappa shape index (κ3) is 3.96. The quantitative estimate of drug-likeness (QED) is 0.373. The molecule has 0 heterocycles. The maximum absolute atomic E-state index is 12.4. The van der Waals surface area contributed by atoms with Gasteiger partial charge in [0.1, 0.15) is 5.92 Å². The van der Waals surface area contributed by atoms with E-state index in [9.17, 15) is 4.79 Å². The van der Waals surface area contributed by atoms with Crippen molar-refractivity contribution in [3.63, 3.8) is 0 Å². The van der Waals surface area contributed by atoms with Crippen LogP contribution in [-0.2, 0) is 11.3 Å². The van der Waals surface area contributed by atoms with Gasteiger partial charge in [0.15, 0.2) is 5.84 Å². The van der Waals surface area contributed by atoms with Crippen LogP contribution in [0.1, 0.15) is 19.4 Å². The maximum atomic E-state index is 12.4. The van der Waals surface area contributed by atoms with Gasteiger partial charge in [-0.15, -0.1) is 0 Å². The summed E-state index contributed by atoms with van der Waals surface area (Å²) in [6.45, 7) is 4.20. The van der Waals surface area contributed by atoms with Crippen molar-refractivity contribution in [2.45, 2.75) is 20.4 Å². The molecule has 0 aliphatic heterocycles. The van der Waals surface area contributed by atoms with Gasteiger partial charge in [-0.1, -0.05) is 53.1 Å². The second-order valence-electron chi connectivity index (χ2n) is 5.03. The van der Waals surface area contributed by atoms with Crippen molar-refractivity contribution < 1.29 is 10.0 Å². The molecule has 1 aromatic carbocycles. The van der Waals surface area contributed by atoms with Crippen LogP contribution in [0.4, 0.5) is 0 Å². The van der Waals surface area contributed by atoms with E-state index in [-0.39, 0.29) is 17.7 Å². The Hall–Kier alpha value is -1.56. The number of oxime groups is 1. The van der Waals surface area contributed by atoms with Crippen molar-refractivity contribution in [3.05, 3.63) is 34.3 Å². The first-order valence-electron chi connectivity index (χ1n) is 6.34. The molecule has 5 nitrogen and oxygen atoms in total. The zero-order valence-corrected chi connectivity index (χ0v) is 13.5. The number of carbonyl (C=O) groups is 1. The Labute approximate surface area is 127 Å². The molecule has 1 aromatic rings. The topological polar surface area (TPSA) is 78.9 Å². The van der Waals surface area contributed by atoms with E-state index in [4.69, 9.17) is 10.9 Å². The van der Waals surface area contributed by atoms with Crippen molar-refractivity contribution in [1.82, 2.24) is 4.90 Å². The van der Waals surface area contributed by atoms with Crippen molar-refractivity contribution in [2.75, 3.05) is 7.05 Å². The van der Waals surface area contributed by atoms with Gasteiger partial charge in [-0.05, 0) is 17.5 Å². The number of hydrogen-bond donors (Lipinski definition) is 2. The minimum Gasteiger partial charge on any atom is -0.409 e. The van der Waals surface area contributed by atoms with Crippen LogP contribution in [0.15, 0.2) is 33.9 Å². The van der Waals surface area contributed by atoms with Gasteiger partial charge in [-0.2, -0.15) is 0 Å². The summed E-state index contributed by atoms with van der Waals surface area (Å²) in [5.74, 6) is -0.873. The first-order chi connectivity index (χ1) is 9.38. The van der Waals surface area contributed by atoms with Gasteiger partial charge in [-0.25, -0.2) is 0 Å². The Morgan fingerprint density at radius 3 is 2.55 bits per heavy atom. The lowest BCUT2D eigenvalue weighted by molar-refractivity contribution is -0.133. The molecule has 0 spiro atoms. The van der Waals surface area contributed by atoms with E-state index in [1.807, 2.05) is 38.1 Å². The molecule has 1 unspecified atom stereocenters. The number of hydrogen-bond acceptors (Lipinski definition) is 3. The van der Waals surface area contributed by atoms with Crippen LogP contribution in [0.5, 0.6) is 0 Å². The molecule has 0 saturated carbocycles. The van der Waals surface area contributed by atoms with Crippen LogP contribution >= 0.6 is 15.9 Å². The molecular formula is C14H20BrN3O2. The zero-order chi connectivity index (χ0) is 15.3. The molecule has 1 amide bonds. The number of rotatable bonds is 5. The smallest absolute Gasteiger partial charge is 0.233 e. The molecular weight excluding hydrogens is 322 g/mol. The van der Waals surface area contributed by atoms with E-state index < -0.39 is 5.92 Å². The predicted molar refractivity (Wildman–Crippen MR) is 82.4 cm³/mol. The highest BCUT2D eigenvalue weighted by molar-refractivity contribution is 9.10. The minimum absolute atomic E-state index is 0.0416. The summed E-state index contributed by atoms with van der Waals surface area (Å²) >= 11 is 3.46. The molecule has 0 fully saturated rings. The number of carbonyl (C=O) groups excluding carboxylic acids is 1. The lowest BCUT2D eigenvalue weighted by atomic mass is 9.93. The fourth-order valence-corrected chi connectivity index (χ4v) is 2.42. The van der Waals surface area contributed by atoms with Crippen LogP contribution in [0.3, 0.4) is 0 Å². The molecule has 20 heavy (non-hydrogen) atoms. The highest BCUT2D eigenvalue weighted by atomic mass is 79.9. The fraction of sp³-hybridized carbons (Fsp3) is 0.429. The average molecular weight is 342 g/mol. The van der Waals surface area contributed by atoms with Crippen LogP contribution in [0.2, 0.25) is 0 Å². The summed E-state index contributed by atoms with van der Waals surface area (Å²) in [6.07, 6.45) is 0. The van der Waals surface area contributed by atoms with Gasteiger partial charge in [0, 0.05) is 18.1 Å². The summed E-state index contributed by atoms with van der Waals surface area (Å²) in [6, 6.07) is 7.71. The SMILES string of the molecule is CC(C)C(C(=O)N(C)Cc1ccccc1Br)C(N)=NO. The average Bonchev–Trinajstić information content (AvgIpc) is 2.40. The summed E-state index contributed by atoms with van der Waals surface area (Å²) in [5.41, 5.74) is 6.63. The second-order valence-corrected chi connectivity index (χ2v) is 5.89. The molecule has 1 atom stereocenters. The van der Waals surface area contributed by atoms with E-state index in [0.717, 1.165) is 10.0 Å². The highest BCUT2D eigenvalue weighted by Gasteiger charge is 2.29. The first kappa shape index (κ1) is 16.5. The molecule has 0 aliphatic carbocycles. The molecule has 3 N–H and O–H groups in total. The summed E-state index contributed by atoms with van der Waals surface area (Å²) in [4.78, 5) is 14.0. The number of benzene rings is 1. The van der Waals surface area contributed by atoms with Crippen molar-refractivity contribution in [3.8, 4) is 0 Å². The second kappa shape index (κ2) is 7.28. The standard InChI is InChI=1S/C14H20BrN3O2/c1-9(2)12(13(16)17-20)14(19)18(3)8-10-6-4-5-7-11(10)15/h4-7,9,12,20H,8H2,1-3H3,(H2,16,17). The van der Waals surface area contributed by atoms with Crippen LogP contribution in [0, 0.1) is 11.8 Å². The van der Waals surface area contributed by atoms with E-state index in [1.54, 1.807) is 11.9 Å². The largest absolute Gasteiger partial charge is 0.409 e. The zero-order valence-electron chi connectivity index (χ0n) is 11.9. The third-order valence-corrected chi connectivity index (χ3v) is 3.88. The van der Waals surface area contributed by atoms with Gasteiger partial charge in [0.25, 0.3) is 0 Å².